The van der Waals surface area contributed by atoms with E-state index in [0.29, 0.717) is 25.9 Å². The van der Waals surface area contributed by atoms with Crippen LogP contribution in [0.25, 0.3) is 0 Å². The zero-order chi connectivity index (χ0) is 15.0. The number of carbonyl (C=O) groups excluding carboxylic acids is 3. The molecule has 0 aliphatic carbocycles. The Labute approximate surface area is 117 Å². The highest BCUT2D eigenvalue weighted by Gasteiger charge is 2.28. The molecule has 4 N–H and O–H groups in total. The van der Waals surface area contributed by atoms with E-state index in [1.807, 2.05) is 0 Å². The lowest BCUT2D eigenvalue weighted by atomic mass is 9.96. The van der Waals surface area contributed by atoms with E-state index in [9.17, 15) is 14.4 Å². The fraction of sp³-hybridized carbons (Fsp3) is 0.750. The van der Waals surface area contributed by atoms with Gasteiger partial charge in [0.05, 0.1) is 19.8 Å². The fourth-order valence-corrected chi connectivity index (χ4v) is 1.99. The van der Waals surface area contributed by atoms with E-state index in [0.717, 1.165) is 0 Å². The van der Waals surface area contributed by atoms with E-state index in [1.54, 1.807) is 0 Å². The molecule has 114 valence electrons. The van der Waals surface area contributed by atoms with Crippen LogP contribution in [-0.4, -0.2) is 67.2 Å². The van der Waals surface area contributed by atoms with Crippen LogP contribution in [0.5, 0.6) is 0 Å². The molecule has 0 aromatic carbocycles. The first kappa shape index (κ1) is 16.4. The molecule has 8 heteroatoms. The number of piperidine rings is 1. The van der Waals surface area contributed by atoms with E-state index in [4.69, 9.17) is 15.6 Å². The summed E-state index contributed by atoms with van der Waals surface area (Å²) >= 11 is 0. The number of ether oxygens (including phenoxy) is 1. The lowest BCUT2D eigenvalue weighted by Crippen LogP contribution is -2.48. The number of carbonyl (C=O) groups is 3. The highest BCUT2D eigenvalue weighted by molar-refractivity contribution is 6.35. The van der Waals surface area contributed by atoms with Gasteiger partial charge in [0.15, 0.2) is 0 Å². The van der Waals surface area contributed by atoms with Crippen LogP contribution in [0.15, 0.2) is 0 Å². The Bertz CT molecular complexity index is 353. The Balaban J connectivity index is 2.24. The zero-order valence-electron chi connectivity index (χ0n) is 11.3. The summed E-state index contributed by atoms with van der Waals surface area (Å²) in [6.07, 6.45) is 0.988. The lowest BCUT2D eigenvalue weighted by Gasteiger charge is -2.29. The molecule has 3 amide bonds. The third kappa shape index (κ3) is 5.14. The molecule has 1 heterocycles. The maximum Gasteiger partial charge on any atom is 0.311 e. The van der Waals surface area contributed by atoms with Gasteiger partial charge in [0.1, 0.15) is 0 Å². The fourth-order valence-electron chi connectivity index (χ4n) is 1.99. The van der Waals surface area contributed by atoms with Crippen molar-refractivity contribution in [2.45, 2.75) is 12.8 Å². The van der Waals surface area contributed by atoms with E-state index in [-0.39, 0.29) is 38.2 Å². The smallest absolute Gasteiger partial charge is 0.311 e. The second-order valence-electron chi connectivity index (χ2n) is 4.56. The van der Waals surface area contributed by atoms with Gasteiger partial charge < -0.3 is 25.8 Å². The number of rotatable bonds is 6. The van der Waals surface area contributed by atoms with Gasteiger partial charge in [-0.05, 0) is 12.8 Å². The molecule has 0 aromatic heterocycles. The molecule has 0 spiro atoms. The third-order valence-electron chi connectivity index (χ3n) is 3.15. The number of hydrogen-bond acceptors (Lipinski definition) is 5. The molecule has 0 radical (unpaired) electrons. The van der Waals surface area contributed by atoms with Gasteiger partial charge in [-0.15, -0.1) is 0 Å². The average molecular weight is 287 g/mol. The van der Waals surface area contributed by atoms with Crippen molar-refractivity contribution >= 4 is 17.7 Å². The summed E-state index contributed by atoms with van der Waals surface area (Å²) in [6.45, 7) is 1.29. The molecule has 1 rings (SSSR count). The molecule has 20 heavy (non-hydrogen) atoms. The minimum Gasteiger partial charge on any atom is -0.394 e. The predicted molar refractivity (Wildman–Crippen MR) is 69.4 cm³/mol. The van der Waals surface area contributed by atoms with E-state index in [2.05, 4.69) is 5.32 Å². The number of nitrogens with two attached hydrogens (primary N) is 1. The Morgan fingerprint density at radius 1 is 1.25 bits per heavy atom. The monoisotopic (exact) mass is 287 g/mol. The Morgan fingerprint density at radius 3 is 2.45 bits per heavy atom. The molecule has 0 saturated carbocycles. The van der Waals surface area contributed by atoms with Gasteiger partial charge >= 0.3 is 11.8 Å². The molecule has 0 unspecified atom stereocenters. The molecule has 1 saturated heterocycles. The van der Waals surface area contributed by atoms with Crippen molar-refractivity contribution in [3.05, 3.63) is 0 Å². The second kappa shape index (κ2) is 8.49. The van der Waals surface area contributed by atoms with Crippen molar-refractivity contribution in [3.8, 4) is 0 Å². The number of amides is 3. The molecule has 0 aromatic rings. The van der Waals surface area contributed by atoms with Gasteiger partial charge in [0.25, 0.3) is 0 Å². The first-order chi connectivity index (χ1) is 9.56. The first-order valence-corrected chi connectivity index (χ1v) is 6.61. The zero-order valence-corrected chi connectivity index (χ0v) is 11.3. The minimum absolute atomic E-state index is 0.0817. The maximum absolute atomic E-state index is 11.8. The minimum atomic E-state index is -0.685. The molecular weight excluding hydrogens is 266 g/mol. The first-order valence-electron chi connectivity index (χ1n) is 6.61. The standard InChI is InChI=1S/C12H21N3O5/c13-10(17)9-1-4-15(5-2-9)12(19)11(18)14-3-7-20-8-6-16/h9,16H,1-8H2,(H2,13,17)(H,14,18). The Hall–Kier alpha value is -1.67. The van der Waals surface area contributed by atoms with Gasteiger partial charge in [-0.2, -0.15) is 0 Å². The molecule has 1 fully saturated rings. The van der Waals surface area contributed by atoms with Crippen LogP contribution < -0.4 is 11.1 Å². The number of nitrogens with zero attached hydrogens (tertiary/aromatic N) is 1. The Morgan fingerprint density at radius 2 is 1.90 bits per heavy atom. The number of primary amides is 1. The van der Waals surface area contributed by atoms with Crippen LogP contribution in [0.1, 0.15) is 12.8 Å². The summed E-state index contributed by atoms with van der Waals surface area (Å²) in [5.41, 5.74) is 5.20. The van der Waals surface area contributed by atoms with Gasteiger partial charge in [-0.25, -0.2) is 0 Å². The van der Waals surface area contributed by atoms with Gasteiger partial charge in [0.2, 0.25) is 5.91 Å². The number of aliphatic hydroxyl groups excluding tert-OH is 1. The molecule has 0 bridgehead atoms. The van der Waals surface area contributed by atoms with Crippen molar-refractivity contribution in [1.29, 1.82) is 0 Å². The van der Waals surface area contributed by atoms with Crippen molar-refractivity contribution in [2.24, 2.45) is 11.7 Å². The van der Waals surface area contributed by atoms with Crippen LogP contribution >= 0.6 is 0 Å². The third-order valence-corrected chi connectivity index (χ3v) is 3.15. The van der Waals surface area contributed by atoms with Crippen molar-refractivity contribution in [1.82, 2.24) is 10.2 Å². The van der Waals surface area contributed by atoms with Crippen molar-refractivity contribution in [3.63, 3.8) is 0 Å². The van der Waals surface area contributed by atoms with Crippen LogP contribution in [0.3, 0.4) is 0 Å². The summed E-state index contributed by atoms with van der Waals surface area (Å²) in [7, 11) is 0. The lowest BCUT2D eigenvalue weighted by molar-refractivity contribution is -0.147. The summed E-state index contributed by atoms with van der Waals surface area (Å²) in [6, 6.07) is 0. The quantitative estimate of drug-likeness (QED) is 0.379. The van der Waals surface area contributed by atoms with Crippen molar-refractivity contribution < 1.29 is 24.2 Å². The van der Waals surface area contributed by atoms with E-state index < -0.39 is 11.8 Å². The normalized spacial score (nSPS) is 15.9. The van der Waals surface area contributed by atoms with Gasteiger partial charge in [-0.3, -0.25) is 14.4 Å². The van der Waals surface area contributed by atoms with Crippen LogP contribution in [0.4, 0.5) is 0 Å². The SMILES string of the molecule is NC(=O)C1CCN(C(=O)C(=O)NCCOCCO)CC1. The maximum atomic E-state index is 11.8. The topological polar surface area (TPSA) is 122 Å². The van der Waals surface area contributed by atoms with Crippen LogP contribution in [-0.2, 0) is 19.1 Å². The number of hydrogen-bond donors (Lipinski definition) is 3. The molecule has 1 aliphatic rings. The largest absolute Gasteiger partial charge is 0.394 e. The van der Waals surface area contributed by atoms with Gasteiger partial charge in [-0.1, -0.05) is 0 Å². The molecule has 1 aliphatic heterocycles. The summed E-state index contributed by atoms with van der Waals surface area (Å²) in [5.74, 6) is -1.86. The van der Waals surface area contributed by atoms with Crippen molar-refractivity contribution in [2.75, 3.05) is 39.5 Å². The molecular formula is C12H21N3O5. The summed E-state index contributed by atoms with van der Waals surface area (Å²) in [4.78, 5) is 35.8. The molecule has 0 atom stereocenters. The van der Waals surface area contributed by atoms with Crippen LogP contribution in [0, 0.1) is 5.92 Å². The van der Waals surface area contributed by atoms with Crippen LogP contribution in [0.2, 0.25) is 0 Å². The van der Waals surface area contributed by atoms with Gasteiger partial charge in [0, 0.05) is 25.6 Å². The highest BCUT2D eigenvalue weighted by atomic mass is 16.5. The molecule has 8 nitrogen and oxygen atoms in total. The summed E-state index contributed by atoms with van der Waals surface area (Å²) in [5, 5.41) is 10.9. The second-order valence-corrected chi connectivity index (χ2v) is 4.56. The van der Waals surface area contributed by atoms with E-state index in [1.165, 1.54) is 4.90 Å². The number of nitrogens with one attached hydrogen (secondary N) is 1. The number of aliphatic hydroxyl groups is 1. The average Bonchev–Trinajstić information content (AvgIpc) is 2.46. The number of likely N-dealkylation sites (tertiary alicyclic amines) is 1. The predicted octanol–water partition coefficient (Wildman–Crippen LogP) is -2.16. The summed E-state index contributed by atoms with van der Waals surface area (Å²) < 4.78 is 4.96. The highest BCUT2D eigenvalue weighted by Crippen LogP contribution is 2.16. The Kier molecular flexibility index (Phi) is 6.96. The van der Waals surface area contributed by atoms with E-state index >= 15 is 0 Å².